The first kappa shape index (κ1) is 17.1. The Morgan fingerprint density at radius 2 is 1.69 bits per heavy atom. The molecule has 0 saturated heterocycles. The number of aryl methyl sites for hydroxylation is 4. The highest BCUT2D eigenvalue weighted by Gasteiger charge is 2.31. The zero-order valence-electron chi connectivity index (χ0n) is 15.0. The number of hydrogen-bond acceptors (Lipinski definition) is 3. The Kier molecular flexibility index (Phi) is 4.03. The van der Waals surface area contributed by atoms with Crippen molar-refractivity contribution >= 4 is 27.3 Å². The molecule has 6 heteroatoms. The van der Waals surface area contributed by atoms with Gasteiger partial charge in [0.05, 0.1) is 10.6 Å². The van der Waals surface area contributed by atoms with Crippen LogP contribution in [0, 0.1) is 13.8 Å². The first-order valence-corrected chi connectivity index (χ1v) is 10.4. The van der Waals surface area contributed by atoms with E-state index >= 15 is 0 Å². The minimum Gasteiger partial charge on any atom is -0.312 e. The Hall–Kier alpha value is -2.34. The number of nitrogens with zero attached hydrogens (tertiary/aromatic N) is 1. The van der Waals surface area contributed by atoms with Gasteiger partial charge in [-0.05, 0) is 79.6 Å². The van der Waals surface area contributed by atoms with E-state index in [1.54, 1.807) is 18.2 Å². The third-order valence-electron chi connectivity index (χ3n) is 5.32. The smallest absolute Gasteiger partial charge is 0.261 e. The van der Waals surface area contributed by atoms with Gasteiger partial charge in [-0.15, -0.1) is 0 Å². The van der Waals surface area contributed by atoms with Crippen molar-refractivity contribution in [1.82, 2.24) is 0 Å². The minimum absolute atomic E-state index is 0.141. The monoisotopic (exact) mass is 370 g/mol. The van der Waals surface area contributed by atoms with Crippen molar-refractivity contribution < 1.29 is 13.2 Å². The molecule has 26 heavy (non-hydrogen) atoms. The van der Waals surface area contributed by atoms with Crippen LogP contribution in [0.3, 0.4) is 0 Å². The van der Waals surface area contributed by atoms with E-state index in [2.05, 4.69) is 4.72 Å². The summed E-state index contributed by atoms with van der Waals surface area (Å²) in [6.07, 6.45) is 2.72. The Morgan fingerprint density at radius 1 is 0.962 bits per heavy atom. The lowest BCUT2D eigenvalue weighted by Crippen LogP contribution is -2.39. The van der Waals surface area contributed by atoms with E-state index in [1.807, 2.05) is 30.9 Å². The molecular formula is C20H22N2O3S. The lowest BCUT2D eigenvalue weighted by Gasteiger charge is -2.35. The molecule has 4 rings (SSSR count). The van der Waals surface area contributed by atoms with Gasteiger partial charge in [-0.2, -0.15) is 0 Å². The zero-order valence-corrected chi connectivity index (χ0v) is 15.8. The van der Waals surface area contributed by atoms with Crippen LogP contribution in [-0.4, -0.2) is 20.9 Å². The number of amides is 1. The molecule has 2 aliphatic rings. The number of benzene rings is 2. The molecule has 2 aromatic rings. The predicted molar refractivity (Wildman–Crippen MR) is 102 cm³/mol. The fraction of sp³-hybridized carbons (Fsp3) is 0.350. The van der Waals surface area contributed by atoms with Crippen LogP contribution in [0.1, 0.15) is 35.1 Å². The molecule has 0 fully saturated rings. The van der Waals surface area contributed by atoms with Crippen molar-refractivity contribution in [2.75, 3.05) is 16.2 Å². The number of carbonyl (C=O) groups is 1. The van der Waals surface area contributed by atoms with Gasteiger partial charge in [-0.3, -0.25) is 9.52 Å². The number of rotatable bonds is 3. The fourth-order valence-corrected chi connectivity index (χ4v) is 4.95. The van der Waals surface area contributed by atoms with E-state index in [1.165, 1.54) is 0 Å². The van der Waals surface area contributed by atoms with E-state index in [0.29, 0.717) is 18.5 Å². The van der Waals surface area contributed by atoms with Crippen LogP contribution in [-0.2, 0) is 27.7 Å². The second-order valence-electron chi connectivity index (χ2n) is 7.14. The second kappa shape index (κ2) is 6.13. The van der Waals surface area contributed by atoms with E-state index in [-0.39, 0.29) is 10.8 Å². The lowest BCUT2D eigenvalue weighted by molar-refractivity contribution is -0.119. The highest BCUT2D eigenvalue weighted by atomic mass is 32.2. The number of carbonyl (C=O) groups excluding carboxylic acids is 1. The molecule has 1 amide bonds. The van der Waals surface area contributed by atoms with E-state index < -0.39 is 10.0 Å². The number of anilines is 2. The van der Waals surface area contributed by atoms with Crippen molar-refractivity contribution in [3.8, 4) is 0 Å². The van der Waals surface area contributed by atoms with Gasteiger partial charge in [0.2, 0.25) is 5.91 Å². The average molecular weight is 370 g/mol. The van der Waals surface area contributed by atoms with Crippen LogP contribution < -0.4 is 9.62 Å². The van der Waals surface area contributed by atoms with Gasteiger partial charge >= 0.3 is 0 Å². The molecule has 0 saturated carbocycles. The highest BCUT2D eigenvalue weighted by molar-refractivity contribution is 7.92. The first-order chi connectivity index (χ1) is 12.3. The van der Waals surface area contributed by atoms with Crippen LogP contribution in [0.5, 0.6) is 0 Å². The first-order valence-electron chi connectivity index (χ1n) is 8.91. The summed E-state index contributed by atoms with van der Waals surface area (Å²) in [5.74, 6) is 0.141. The molecule has 5 nitrogen and oxygen atoms in total. The zero-order chi connectivity index (χ0) is 18.5. The van der Waals surface area contributed by atoms with E-state index in [4.69, 9.17) is 0 Å². The van der Waals surface area contributed by atoms with E-state index in [0.717, 1.165) is 47.3 Å². The molecule has 0 radical (unpaired) electrons. The third kappa shape index (κ3) is 2.88. The predicted octanol–water partition coefficient (Wildman–Crippen LogP) is 3.33. The molecule has 0 unspecified atom stereocenters. The summed E-state index contributed by atoms with van der Waals surface area (Å²) in [7, 11) is -3.67. The van der Waals surface area contributed by atoms with Crippen molar-refractivity contribution in [3.63, 3.8) is 0 Å². The average Bonchev–Trinajstić information content (AvgIpc) is 2.61. The van der Waals surface area contributed by atoms with Gasteiger partial charge in [-0.1, -0.05) is 6.07 Å². The quantitative estimate of drug-likeness (QED) is 0.901. The van der Waals surface area contributed by atoms with E-state index in [9.17, 15) is 13.2 Å². The molecule has 0 spiro atoms. The van der Waals surface area contributed by atoms with Crippen molar-refractivity contribution in [2.24, 2.45) is 0 Å². The van der Waals surface area contributed by atoms with Gasteiger partial charge in [-0.25, -0.2) is 8.42 Å². The van der Waals surface area contributed by atoms with Crippen LogP contribution in [0.2, 0.25) is 0 Å². The van der Waals surface area contributed by atoms with Gasteiger partial charge < -0.3 is 4.90 Å². The summed E-state index contributed by atoms with van der Waals surface area (Å²) in [4.78, 5) is 14.3. The Balaban J connectivity index is 1.73. The normalized spacial score (nSPS) is 16.4. The largest absolute Gasteiger partial charge is 0.312 e. The van der Waals surface area contributed by atoms with Crippen LogP contribution >= 0.6 is 0 Å². The minimum atomic E-state index is -3.67. The maximum Gasteiger partial charge on any atom is 0.261 e. The van der Waals surface area contributed by atoms with Crippen molar-refractivity contribution in [3.05, 3.63) is 52.6 Å². The fourth-order valence-electron chi connectivity index (χ4n) is 3.80. The highest BCUT2D eigenvalue weighted by Crippen LogP contribution is 2.37. The third-order valence-corrected chi connectivity index (χ3v) is 6.68. The summed E-state index contributed by atoms with van der Waals surface area (Å²) in [6.45, 7) is 4.68. The molecule has 136 valence electrons. The van der Waals surface area contributed by atoms with Gasteiger partial charge in [0.1, 0.15) is 0 Å². The number of hydrogen-bond donors (Lipinski definition) is 1. The Morgan fingerprint density at radius 3 is 2.42 bits per heavy atom. The molecule has 2 heterocycles. The Labute approximate surface area is 154 Å². The van der Waals surface area contributed by atoms with Gasteiger partial charge in [0, 0.05) is 18.7 Å². The number of nitrogens with one attached hydrogen (secondary N) is 1. The van der Waals surface area contributed by atoms with Gasteiger partial charge in [0.15, 0.2) is 0 Å². The molecule has 2 aliphatic heterocycles. The maximum atomic E-state index is 12.9. The molecular weight excluding hydrogens is 348 g/mol. The topological polar surface area (TPSA) is 66.5 Å². The summed E-state index contributed by atoms with van der Waals surface area (Å²) >= 11 is 0. The lowest BCUT2D eigenvalue weighted by atomic mass is 9.92. The van der Waals surface area contributed by atoms with Crippen LogP contribution in [0.15, 0.2) is 35.2 Å². The van der Waals surface area contributed by atoms with Crippen LogP contribution in [0.25, 0.3) is 0 Å². The summed E-state index contributed by atoms with van der Waals surface area (Å²) in [5, 5.41) is 0. The summed E-state index contributed by atoms with van der Waals surface area (Å²) in [5.41, 5.74) is 5.59. The Bertz CT molecular complexity index is 995. The molecule has 1 N–H and O–H groups in total. The second-order valence-corrected chi connectivity index (χ2v) is 8.83. The molecule has 0 atom stereocenters. The molecule has 0 bridgehead atoms. The standard InChI is InChI=1S/C20H22N2O3S/c1-13-5-7-17(10-14(13)2)21-26(24,25)18-11-15-4-3-9-22-19(23)8-6-16(12-18)20(15)22/h5,7,10-12,21H,3-4,6,8-9H2,1-2H3. The van der Waals surface area contributed by atoms with Crippen molar-refractivity contribution in [2.45, 2.75) is 44.4 Å². The van der Waals surface area contributed by atoms with Gasteiger partial charge in [0.25, 0.3) is 10.0 Å². The number of sulfonamides is 1. The van der Waals surface area contributed by atoms with Crippen LogP contribution in [0.4, 0.5) is 11.4 Å². The summed E-state index contributed by atoms with van der Waals surface area (Å²) < 4.78 is 28.5. The molecule has 2 aromatic carbocycles. The maximum absolute atomic E-state index is 12.9. The molecule has 0 aromatic heterocycles. The SMILES string of the molecule is Cc1ccc(NS(=O)(=O)c2cc3c4c(c2)CCC(=O)N4CCC3)cc1C. The summed E-state index contributed by atoms with van der Waals surface area (Å²) in [6, 6.07) is 8.99. The van der Waals surface area contributed by atoms with Crippen molar-refractivity contribution in [1.29, 1.82) is 0 Å². The molecule has 0 aliphatic carbocycles.